The molecule has 1 aliphatic carbocycles. The number of benzene rings is 1. The van der Waals surface area contributed by atoms with Gasteiger partial charge in [0.15, 0.2) is 5.96 Å². The molecule has 174 valence electrons. The lowest BCUT2D eigenvalue weighted by Gasteiger charge is -2.20. The van der Waals surface area contributed by atoms with Crippen LogP contribution in [0.3, 0.4) is 0 Å². The van der Waals surface area contributed by atoms with Gasteiger partial charge < -0.3 is 25.0 Å². The highest BCUT2D eigenvalue weighted by atomic mass is 19.4. The minimum atomic E-state index is -4.44. The summed E-state index contributed by atoms with van der Waals surface area (Å²) in [4.78, 5) is 17.1. The van der Waals surface area contributed by atoms with Gasteiger partial charge >= 0.3 is 6.18 Å². The molecule has 10 heteroatoms. The molecule has 1 aliphatic rings. The van der Waals surface area contributed by atoms with Gasteiger partial charge in [-0.1, -0.05) is 0 Å². The molecule has 0 radical (unpaired) electrons. The van der Waals surface area contributed by atoms with Crippen LogP contribution in [0.4, 0.5) is 13.2 Å². The Bertz CT molecular complexity index is 750. The number of likely N-dealkylation sites (N-methyl/N-ethyl adjacent to an activating group) is 1. The SMILES string of the molecule is CCNC(=NCc1ccc(OC)cc1OC1CCCC1)NCC(=O)N(C)CC(F)(F)F. The highest BCUT2D eigenvalue weighted by molar-refractivity contribution is 5.86. The lowest BCUT2D eigenvalue weighted by atomic mass is 10.2. The van der Waals surface area contributed by atoms with Gasteiger partial charge in [-0.3, -0.25) is 4.79 Å². The molecule has 0 atom stereocenters. The van der Waals surface area contributed by atoms with Gasteiger partial charge in [-0.05, 0) is 44.7 Å². The number of methoxy groups -OCH3 is 1. The molecule has 31 heavy (non-hydrogen) atoms. The van der Waals surface area contributed by atoms with Gasteiger partial charge in [0.05, 0.1) is 26.3 Å². The van der Waals surface area contributed by atoms with E-state index in [1.54, 1.807) is 7.11 Å². The topological polar surface area (TPSA) is 75.2 Å². The largest absolute Gasteiger partial charge is 0.497 e. The first-order chi connectivity index (χ1) is 14.7. The van der Waals surface area contributed by atoms with Crippen molar-refractivity contribution in [3.63, 3.8) is 0 Å². The van der Waals surface area contributed by atoms with Gasteiger partial charge in [-0.15, -0.1) is 0 Å². The summed E-state index contributed by atoms with van der Waals surface area (Å²) >= 11 is 0. The van der Waals surface area contributed by atoms with Gasteiger partial charge in [-0.25, -0.2) is 4.99 Å². The number of hydrogen-bond donors (Lipinski definition) is 2. The monoisotopic (exact) mass is 444 g/mol. The van der Waals surface area contributed by atoms with E-state index >= 15 is 0 Å². The fourth-order valence-electron chi connectivity index (χ4n) is 3.25. The predicted molar refractivity (Wildman–Crippen MR) is 112 cm³/mol. The lowest BCUT2D eigenvalue weighted by molar-refractivity contribution is -0.157. The number of alkyl halides is 3. The number of amides is 1. The molecule has 0 unspecified atom stereocenters. The highest BCUT2D eigenvalue weighted by Gasteiger charge is 2.31. The van der Waals surface area contributed by atoms with Crippen LogP contribution in [0.2, 0.25) is 0 Å². The van der Waals surface area contributed by atoms with Crippen LogP contribution in [0.15, 0.2) is 23.2 Å². The van der Waals surface area contributed by atoms with E-state index in [2.05, 4.69) is 15.6 Å². The zero-order chi connectivity index (χ0) is 22.9. The fourth-order valence-corrected chi connectivity index (χ4v) is 3.25. The predicted octanol–water partition coefficient (Wildman–Crippen LogP) is 3.09. The Labute approximate surface area is 181 Å². The molecule has 0 aromatic heterocycles. The third kappa shape index (κ3) is 8.55. The minimum absolute atomic E-state index is 0.169. The zero-order valence-corrected chi connectivity index (χ0v) is 18.2. The van der Waals surface area contributed by atoms with E-state index in [0.29, 0.717) is 28.9 Å². The number of guanidine groups is 1. The first kappa shape index (κ1) is 24.6. The summed E-state index contributed by atoms with van der Waals surface area (Å²) in [6, 6.07) is 5.53. The summed E-state index contributed by atoms with van der Waals surface area (Å²) in [6.07, 6.45) is 0.0477. The maximum absolute atomic E-state index is 12.5. The normalized spacial score (nSPS) is 15.0. The second-order valence-corrected chi connectivity index (χ2v) is 7.41. The van der Waals surface area contributed by atoms with Crippen molar-refractivity contribution < 1.29 is 27.4 Å². The molecule has 2 N–H and O–H groups in total. The Balaban J connectivity index is 2.04. The van der Waals surface area contributed by atoms with Crippen molar-refractivity contribution in [3.8, 4) is 11.5 Å². The van der Waals surface area contributed by atoms with E-state index < -0.39 is 18.6 Å². The third-order valence-corrected chi connectivity index (χ3v) is 4.87. The Hall–Kier alpha value is -2.65. The van der Waals surface area contributed by atoms with Crippen molar-refractivity contribution in [2.75, 3.05) is 33.8 Å². The van der Waals surface area contributed by atoms with E-state index in [1.165, 1.54) is 0 Å². The summed E-state index contributed by atoms with van der Waals surface area (Å²) in [5.41, 5.74) is 0.852. The van der Waals surface area contributed by atoms with Gasteiger partial charge in [0, 0.05) is 25.2 Å². The molecule has 7 nitrogen and oxygen atoms in total. The number of halogens is 3. The first-order valence-corrected chi connectivity index (χ1v) is 10.4. The van der Waals surface area contributed by atoms with Gasteiger partial charge in [0.2, 0.25) is 5.91 Å². The average Bonchev–Trinajstić information content (AvgIpc) is 3.22. The summed E-state index contributed by atoms with van der Waals surface area (Å²) < 4.78 is 48.8. The van der Waals surface area contributed by atoms with Crippen molar-refractivity contribution in [2.24, 2.45) is 4.99 Å². The highest BCUT2D eigenvalue weighted by Crippen LogP contribution is 2.30. The van der Waals surface area contributed by atoms with E-state index in [0.717, 1.165) is 38.3 Å². The van der Waals surface area contributed by atoms with Crippen molar-refractivity contribution in [3.05, 3.63) is 23.8 Å². The van der Waals surface area contributed by atoms with Crippen LogP contribution < -0.4 is 20.1 Å². The summed E-state index contributed by atoms with van der Waals surface area (Å²) in [6.45, 7) is 1.07. The molecule has 1 amide bonds. The number of ether oxygens (including phenoxy) is 2. The Morgan fingerprint density at radius 2 is 1.97 bits per heavy atom. The minimum Gasteiger partial charge on any atom is -0.497 e. The van der Waals surface area contributed by atoms with E-state index in [4.69, 9.17) is 9.47 Å². The number of nitrogens with one attached hydrogen (secondary N) is 2. The zero-order valence-electron chi connectivity index (χ0n) is 18.2. The van der Waals surface area contributed by atoms with Crippen molar-refractivity contribution >= 4 is 11.9 Å². The maximum Gasteiger partial charge on any atom is 0.406 e. The third-order valence-electron chi connectivity index (χ3n) is 4.87. The fraction of sp³-hybridized carbons (Fsp3) is 0.619. The Morgan fingerprint density at radius 3 is 2.58 bits per heavy atom. The average molecular weight is 444 g/mol. The number of rotatable bonds is 9. The number of carbonyl (C=O) groups excluding carboxylic acids is 1. The van der Waals surface area contributed by atoms with Crippen LogP contribution in [-0.4, -0.2) is 62.8 Å². The number of aliphatic imine (C=N–C) groups is 1. The smallest absolute Gasteiger partial charge is 0.406 e. The van der Waals surface area contributed by atoms with Crippen LogP contribution in [0.1, 0.15) is 38.2 Å². The molecule has 0 aliphatic heterocycles. The molecule has 2 rings (SSSR count). The molecule has 1 aromatic rings. The summed E-state index contributed by atoms with van der Waals surface area (Å²) in [7, 11) is 2.71. The molecule has 0 heterocycles. The standard InChI is InChI=1S/C21H31F3N4O3/c1-4-25-20(27-13-19(29)28(2)14-21(22,23)24)26-12-15-9-10-17(30-3)11-18(15)31-16-7-5-6-8-16/h9-11,16H,4-8,12-14H2,1-3H3,(H2,25,26,27). The second-order valence-electron chi connectivity index (χ2n) is 7.41. The van der Waals surface area contributed by atoms with E-state index in [9.17, 15) is 18.0 Å². The molecular formula is C21H31F3N4O3. The molecule has 1 saturated carbocycles. The molecular weight excluding hydrogens is 413 g/mol. The molecule has 0 saturated heterocycles. The molecule has 1 fully saturated rings. The van der Waals surface area contributed by atoms with Gasteiger partial charge in [-0.2, -0.15) is 13.2 Å². The van der Waals surface area contributed by atoms with E-state index in [-0.39, 0.29) is 19.2 Å². The van der Waals surface area contributed by atoms with Crippen molar-refractivity contribution in [2.45, 2.75) is 51.4 Å². The van der Waals surface area contributed by atoms with Crippen molar-refractivity contribution in [1.82, 2.24) is 15.5 Å². The quantitative estimate of drug-likeness (QED) is 0.452. The number of hydrogen-bond acceptors (Lipinski definition) is 4. The Kier molecular flexibility index (Phi) is 9.26. The number of nitrogens with zero attached hydrogens (tertiary/aromatic N) is 2. The molecule has 0 spiro atoms. The maximum atomic E-state index is 12.5. The lowest BCUT2D eigenvalue weighted by Crippen LogP contribution is -2.45. The summed E-state index contributed by atoms with van der Waals surface area (Å²) in [5.74, 6) is 1.03. The van der Waals surface area contributed by atoms with E-state index in [1.807, 2.05) is 25.1 Å². The van der Waals surface area contributed by atoms with Crippen LogP contribution in [-0.2, 0) is 11.3 Å². The molecule has 0 bridgehead atoms. The van der Waals surface area contributed by atoms with Gasteiger partial charge in [0.1, 0.15) is 18.0 Å². The Morgan fingerprint density at radius 1 is 1.26 bits per heavy atom. The number of carbonyl (C=O) groups is 1. The van der Waals surface area contributed by atoms with Crippen LogP contribution in [0, 0.1) is 0 Å². The van der Waals surface area contributed by atoms with Gasteiger partial charge in [0.25, 0.3) is 0 Å². The summed E-state index contributed by atoms with van der Waals surface area (Å²) in [5, 5.41) is 5.78. The van der Waals surface area contributed by atoms with Crippen LogP contribution in [0.25, 0.3) is 0 Å². The van der Waals surface area contributed by atoms with Crippen LogP contribution >= 0.6 is 0 Å². The van der Waals surface area contributed by atoms with Crippen molar-refractivity contribution in [1.29, 1.82) is 0 Å². The van der Waals surface area contributed by atoms with Crippen LogP contribution in [0.5, 0.6) is 11.5 Å². The first-order valence-electron chi connectivity index (χ1n) is 10.4. The second kappa shape index (κ2) is 11.7. The molecule has 1 aromatic carbocycles.